The van der Waals surface area contributed by atoms with Gasteiger partial charge in [-0.3, -0.25) is 9.05 Å². The third kappa shape index (κ3) is 3.04. The Morgan fingerprint density at radius 2 is 2.00 bits per heavy atom. The van der Waals surface area contributed by atoms with Gasteiger partial charge in [0.25, 0.3) is 5.72 Å². The molecule has 0 bridgehead atoms. The van der Waals surface area contributed by atoms with Crippen molar-refractivity contribution in [2.75, 3.05) is 13.2 Å². The Balaban J connectivity index is 2.75. The maximum Gasteiger partial charge on any atom is 0.480 e. The van der Waals surface area contributed by atoms with Gasteiger partial charge in [-0.15, -0.1) is 0 Å². The Morgan fingerprint density at radius 3 is 2.38 bits per heavy atom. The molecule has 94 valence electrons. The summed E-state index contributed by atoms with van der Waals surface area (Å²) < 4.78 is 28.0. The van der Waals surface area contributed by atoms with Crippen LogP contribution in [0, 0.1) is 5.21 Å². The predicted molar refractivity (Wildman–Crippen MR) is 59.3 cm³/mol. The highest BCUT2D eigenvalue weighted by molar-refractivity contribution is 7.48. The van der Waals surface area contributed by atoms with E-state index in [1.54, 1.807) is 20.8 Å². The average molecular weight is 251 g/mol. The maximum absolute atomic E-state index is 12.1. The van der Waals surface area contributed by atoms with Crippen LogP contribution in [0.5, 0.6) is 0 Å². The minimum atomic E-state index is -3.63. The van der Waals surface area contributed by atoms with Crippen LogP contribution in [-0.2, 0) is 18.1 Å². The summed E-state index contributed by atoms with van der Waals surface area (Å²) in [4.78, 5) is 0. The first-order valence-corrected chi connectivity index (χ1v) is 6.81. The molecule has 6 nitrogen and oxygen atoms in total. The topological polar surface area (TPSA) is 70.8 Å². The molecule has 0 aliphatic carbocycles. The van der Waals surface area contributed by atoms with Crippen LogP contribution in [0.15, 0.2) is 0 Å². The number of hydrogen-bond donors (Lipinski definition) is 0. The van der Waals surface area contributed by atoms with Gasteiger partial charge in [-0.2, -0.15) is 4.74 Å². The van der Waals surface area contributed by atoms with Crippen LogP contribution < -0.4 is 0 Å². The second-order valence-corrected chi connectivity index (χ2v) is 5.19. The van der Waals surface area contributed by atoms with Crippen LogP contribution >= 0.6 is 7.82 Å². The molecule has 1 aliphatic rings. The highest BCUT2D eigenvalue weighted by atomic mass is 31.2. The van der Waals surface area contributed by atoms with Gasteiger partial charge in [0.2, 0.25) is 0 Å². The minimum absolute atomic E-state index is 0.204. The predicted octanol–water partition coefficient (Wildman–Crippen LogP) is 2.28. The lowest BCUT2D eigenvalue weighted by Gasteiger charge is -2.27. The monoisotopic (exact) mass is 251 g/mol. The zero-order valence-electron chi connectivity index (χ0n) is 9.84. The molecular weight excluding hydrogens is 233 g/mol. The molecule has 0 N–H and O–H groups in total. The van der Waals surface area contributed by atoms with Gasteiger partial charge in [-0.1, -0.05) is 0 Å². The molecular formula is C9H18NO5P. The number of hydroxylamine groups is 1. The van der Waals surface area contributed by atoms with E-state index in [4.69, 9.17) is 13.6 Å². The second-order valence-electron chi connectivity index (χ2n) is 3.60. The van der Waals surface area contributed by atoms with Crippen LogP contribution in [0.1, 0.15) is 33.6 Å². The van der Waals surface area contributed by atoms with E-state index in [-0.39, 0.29) is 13.2 Å². The van der Waals surface area contributed by atoms with Crippen LogP contribution in [0.4, 0.5) is 0 Å². The number of phosphoric ester groups is 1. The molecule has 7 heteroatoms. The van der Waals surface area contributed by atoms with Gasteiger partial charge in [-0.05, 0) is 13.8 Å². The summed E-state index contributed by atoms with van der Waals surface area (Å²) in [5.41, 5.74) is -1.15. The maximum atomic E-state index is 12.1. The highest BCUT2D eigenvalue weighted by Crippen LogP contribution is 2.53. The van der Waals surface area contributed by atoms with E-state index in [0.717, 1.165) is 0 Å². The highest BCUT2D eigenvalue weighted by Gasteiger charge is 2.46. The number of rotatable bonds is 6. The van der Waals surface area contributed by atoms with Crippen molar-refractivity contribution in [3.05, 3.63) is 5.21 Å². The summed E-state index contributed by atoms with van der Waals surface area (Å²) in [5.74, 6) is 0. The smallest absolute Gasteiger partial charge is 0.480 e. The first-order chi connectivity index (χ1) is 7.46. The first kappa shape index (κ1) is 13.6. The van der Waals surface area contributed by atoms with Gasteiger partial charge in [0.05, 0.1) is 19.6 Å². The third-order valence-electron chi connectivity index (χ3n) is 2.25. The summed E-state index contributed by atoms with van der Waals surface area (Å²) in [6, 6.07) is 0. The van der Waals surface area contributed by atoms with E-state index in [1.165, 1.54) is 6.21 Å². The molecule has 0 spiro atoms. The van der Waals surface area contributed by atoms with Crippen LogP contribution in [0.25, 0.3) is 0 Å². The number of hydrogen-bond acceptors (Lipinski definition) is 5. The Labute approximate surface area is 95.4 Å². The fraction of sp³-hybridized carbons (Fsp3) is 0.889. The van der Waals surface area contributed by atoms with Crippen molar-refractivity contribution in [3.8, 4) is 0 Å². The largest absolute Gasteiger partial charge is 0.622 e. The molecule has 0 aromatic heterocycles. The minimum Gasteiger partial charge on any atom is -0.622 e. The van der Waals surface area contributed by atoms with E-state index < -0.39 is 13.5 Å². The summed E-state index contributed by atoms with van der Waals surface area (Å²) in [6.07, 6.45) is 2.53. The Morgan fingerprint density at radius 1 is 1.44 bits per heavy atom. The van der Waals surface area contributed by atoms with Gasteiger partial charge in [-0.25, -0.2) is 9.09 Å². The molecule has 1 rings (SSSR count). The molecule has 0 radical (unpaired) electrons. The lowest BCUT2D eigenvalue weighted by molar-refractivity contribution is -0.583. The molecule has 0 aromatic rings. The zero-order valence-corrected chi connectivity index (χ0v) is 10.7. The Kier molecular flexibility index (Phi) is 4.50. The van der Waals surface area contributed by atoms with Gasteiger partial charge < -0.3 is 5.21 Å². The van der Waals surface area contributed by atoms with Crippen molar-refractivity contribution >= 4 is 14.0 Å². The van der Waals surface area contributed by atoms with Gasteiger partial charge in [0, 0.05) is 13.3 Å². The molecule has 1 atom stereocenters. The van der Waals surface area contributed by atoms with E-state index in [1.807, 2.05) is 0 Å². The van der Waals surface area contributed by atoms with Crippen molar-refractivity contribution in [1.82, 2.24) is 0 Å². The Hall–Kier alpha value is -0.420. The summed E-state index contributed by atoms with van der Waals surface area (Å²) >= 11 is 0. The summed E-state index contributed by atoms with van der Waals surface area (Å²) in [7, 11) is -3.63. The van der Waals surface area contributed by atoms with Gasteiger partial charge in [0.15, 0.2) is 6.21 Å². The van der Waals surface area contributed by atoms with Gasteiger partial charge in [0.1, 0.15) is 0 Å². The third-order valence-corrected chi connectivity index (χ3v) is 4.02. The molecule has 0 aromatic carbocycles. The molecule has 1 heterocycles. The summed E-state index contributed by atoms with van der Waals surface area (Å²) in [5, 5.41) is 11.5. The van der Waals surface area contributed by atoms with E-state index in [2.05, 4.69) is 0 Å². The fourth-order valence-electron chi connectivity index (χ4n) is 1.49. The average Bonchev–Trinajstić information content (AvgIpc) is 2.46. The van der Waals surface area contributed by atoms with E-state index in [0.29, 0.717) is 17.6 Å². The molecule has 1 aliphatic heterocycles. The molecule has 16 heavy (non-hydrogen) atoms. The molecule has 1 unspecified atom stereocenters. The van der Waals surface area contributed by atoms with Crippen molar-refractivity contribution in [1.29, 1.82) is 0 Å². The molecule has 0 amide bonds. The molecule has 0 saturated heterocycles. The molecule has 0 fully saturated rings. The second kappa shape index (κ2) is 5.27. The zero-order chi connectivity index (χ0) is 12.2. The van der Waals surface area contributed by atoms with E-state index >= 15 is 0 Å². The van der Waals surface area contributed by atoms with Crippen molar-refractivity contribution < 1.29 is 22.9 Å². The number of phosphoric acid groups is 1. The SMILES string of the molecule is CCOP(=O)(OCC)OC1(C)CCC=[N+]1[O-]. The Bertz CT molecular complexity index is 309. The van der Waals surface area contributed by atoms with Crippen molar-refractivity contribution in [3.63, 3.8) is 0 Å². The number of nitrogens with zero attached hydrogens (tertiary/aromatic N) is 1. The molecule has 0 saturated carbocycles. The lowest BCUT2D eigenvalue weighted by atomic mass is 10.2. The van der Waals surface area contributed by atoms with Gasteiger partial charge >= 0.3 is 7.82 Å². The van der Waals surface area contributed by atoms with Crippen molar-refractivity contribution in [2.24, 2.45) is 0 Å². The van der Waals surface area contributed by atoms with Crippen LogP contribution in [-0.4, -0.2) is 29.9 Å². The lowest BCUT2D eigenvalue weighted by Crippen LogP contribution is -2.34. The van der Waals surface area contributed by atoms with Crippen LogP contribution in [0.2, 0.25) is 0 Å². The fourth-order valence-corrected chi connectivity index (χ4v) is 2.95. The summed E-state index contributed by atoms with van der Waals surface area (Å²) in [6.45, 7) is 5.36. The quantitative estimate of drug-likeness (QED) is 0.411. The first-order valence-electron chi connectivity index (χ1n) is 5.35. The van der Waals surface area contributed by atoms with E-state index in [9.17, 15) is 9.77 Å². The normalized spacial score (nSPS) is 25.8. The van der Waals surface area contributed by atoms with Crippen LogP contribution in [0.3, 0.4) is 0 Å². The van der Waals surface area contributed by atoms with Crippen molar-refractivity contribution in [2.45, 2.75) is 39.3 Å². The standard InChI is InChI=1S/C9H18NO5P/c1-4-13-16(12,14-5-2)15-9(3)7-6-8-10(9)11/h8H,4-7H2,1-3H3.